The maximum Gasteiger partial charge on any atom is 0.136 e. The average molecular weight is 246 g/mol. The van der Waals surface area contributed by atoms with Gasteiger partial charge in [0.05, 0.1) is 23.3 Å². The zero-order chi connectivity index (χ0) is 9.26. The predicted octanol–water partition coefficient (Wildman–Crippen LogP) is 1.58. The van der Waals surface area contributed by atoms with E-state index in [1.54, 1.807) is 6.20 Å². The highest BCUT2D eigenvalue weighted by Crippen LogP contribution is 2.26. The molecule has 0 radical (unpaired) electrons. The molecule has 2 heterocycles. The molecule has 5 heteroatoms. The monoisotopic (exact) mass is 245 g/mol. The maximum absolute atomic E-state index is 5.83. The minimum atomic E-state index is 0.306. The van der Waals surface area contributed by atoms with Crippen molar-refractivity contribution in [3.63, 3.8) is 0 Å². The third-order valence-corrected chi connectivity index (χ3v) is 2.88. The molecule has 0 spiro atoms. The molecular weight excluding hydrogens is 234 g/mol. The molecule has 0 saturated carbocycles. The molecule has 1 aromatic heterocycles. The van der Waals surface area contributed by atoms with Crippen molar-refractivity contribution >= 4 is 21.7 Å². The second-order valence-corrected chi connectivity index (χ2v) is 4.05. The molecule has 0 bridgehead atoms. The van der Waals surface area contributed by atoms with Crippen molar-refractivity contribution in [2.75, 3.05) is 18.9 Å². The molecule has 0 amide bonds. The molecule has 1 aliphatic heterocycles. The normalized spacial score (nSPS) is 23.3. The maximum atomic E-state index is 5.83. The first-order valence-corrected chi connectivity index (χ1v) is 5.14. The van der Waals surface area contributed by atoms with Crippen LogP contribution < -0.4 is 5.73 Å². The van der Waals surface area contributed by atoms with Crippen LogP contribution in [-0.2, 0) is 4.74 Å². The van der Waals surface area contributed by atoms with Crippen molar-refractivity contribution in [1.82, 2.24) is 9.78 Å². The summed E-state index contributed by atoms with van der Waals surface area (Å²) >= 11 is 3.33. The first kappa shape index (κ1) is 9.02. The summed E-state index contributed by atoms with van der Waals surface area (Å²) in [6.45, 7) is 1.58. The van der Waals surface area contributed by atoms with Crippen molar-refractivity contribution in [2.24, 2.45) is 0 Å². The van der Waals surface area contributed by atoms with E-state index in [4.69, 9.17) is 10.5 Å². The van der Waals surface area contributed by atoms with Gasteiger partial charge in [-0.1, -0.05) is 0 Å². The van der Waals surface area contributed by atoms with Gasteiger partial charge < -0.3 is 10.5 Å². The number of hydrogen-bond donors (Lipinski definition) is 1. The zero-order valence-electron chi connectivity index (χ0n) is 7.24. The van der Waals surface area contributed by atoms with Gasteiger partial charge >= 0.3 is 0 Å². The molecule has 72 valence electrons. The molecule has 1 unspecified atom stereocenters. The number of rotatable bonds is 1. The number of ether oxygens (including phenoxy) is 1. The Balaban J connectivity index is 2.18. The highest BCUT2D eigenvalue weighted by molar-refractivity contribution is 9.10. The van der Waals surface area contributed by atoms with E-state index in [2.05, 4.69) is 21.0 Å². The highest BCUT2D eigenvalue weighted by Gasteiger charge is 2.19. The summed E-state index contributed by atoms with van der Waals surface area (Å²) in [5, 5.41) is 4.20. The third-order valence-electron chi connectivity index (χ3n) is 2.27. The standard InChI is InChI=1S/C8H12BrN3O/c9-7-4-11-12(8(7)10)6-2-1-3-13-5-6/h4,6H,1-3,5,10H2. The van der Waals surface area contributed by atoms with E-state index in [1.807, 2.05) is 4.68 Å². The van der Waals surface area contributed by atoms with Crippen LogP contribution in [0.5, 0.6) is 0 Å². The van der Waals surface area contributed by atoms with Gasteiger partial charge in [0.2, 0.25) is 0 Å². The van der Waals surface area contributed by atoms with Gasteiger partial charge in [-0.05, 0) is 28.8 Å². The molecule has 1 atom stereocenters. The highest BCUT2D eigenvalue weighted by atomic mass is 79.9. The van der Waals surface area contributed by atoms with E-state index < -0.39 is 0 Å². The zero-order valence-corrected chi connectivity index (χ0v) is 8.83. The molecule has 1 fully saturated rings. The van der Waals surface area contributed by atoms with E-state index in [0.29, 0.717) is 11.9 Å². The van der Waals surface area contributed by atoms with Crippen molar-refractivity contribution in [1.29, 1.82) is 0 Å². The van der Waals surface area contributed by atoms with E-state index in [-0.39, 0.29) is 0 Å². The van der Waals surface area contributed by atoms with Gasteiger partial charge in [-0.15, -0.1) is 0 Å². The Bertz CT molecular complexity index is 294. The third kappa shape index (κ3) is 1.71. The summed E-state index contributed by atoms with van der Waals surface area (Å²) < 4.78 is 8.06. The molecule has 0 aromatic carbocycles. The molecule has 4 nitrogen and oxygen atoms in total. The van der Waals surface area contributed by atoms with E-state index in [0.717, 1.165) is 30.5 Å². The molecule has 1 saturated heterocycles. The van der Waals surface area contributed by atoms with Crippen molar-refractivity contribution < 1.29 is 4.74 Å². The van der Waals surface area contributed by atoms with Gasteiger partial charge in [-0.25, -0.2) is 4.68 Å². The van der Waals surface area contributed by atoms with Gasteiger partial charge in [-0.3, -0.25) is 0 Å². The summed E-state index contributed by atoms with van der Waals surface area (Å²) in [5.74, 6) is 0.690. The lowest BCUT2D eigenvalue weighted by molar-refractivity contribution is 0.0557. The molecule has 13 heavy (non-hydrogen) atoms. The van der Waals surface area contributed by atoms with Crippen LogP contribution in [0.3, 0.4) is 0 Å². The lowest BCUT2D eigenvalue weighted by Crippen LogP contribution is -2.23. The van der Waals surface area contributed by atoms with Crippen LogP contribution in [0, 0.1) is 0 Å². The smallest absolute Gasteiger partial charge is 0.136 e. The van der Waals surface area contributed by atoms with Crippen LogP contribution in [0.1, 0.15) is 18.9 Å². The molecule has 1 aromatic rings. The molecule has 0 aliphatic carbocycles. The first-order valence-electron chi connectivity index (χ1n) is 4.35. The topological polar surface area (TPSA) is 53.1 Å². The molecular formula is C8H12BrN3O. The van der Waals surface area contributed by atoms with Gasteiger partial charge in [0, 0.05) is 6.61 Å². The Labute approximate surface area is 85.2 Å². The van der Waals surface area contributed by atoms with Crippen molar-refractivity contribution in [3.8, 4) is 0 Å². The molecule has 2 rings (SSSR count). The van der Waals surface area contributed by atoms with Crippen LogP contribution in [0.15, 0.2) is 10.7 Å². The minimum absolute atomic E-state index is 0.306. The van der Waals surface area contributed by atoms with Crippen LogP contribution in [0.25, 0.3) is 0 Å². The number of nitrogen functional groups attached to an aromatic ring is 1. The van der Waals surface area contributed by atoms with Crippen LogP contribution >= 0.6 is 15.9 Å². The average Bonchev–Trinajstić information content (AvgIpc) is 2.49. The van der Waals surface area contributed by atoms with Gasteiger partial charge in [0.15, 0.2) is 0 Å². The van der Waals surface area contributed by atoms with E-state index >= 15 is 0 Å². The fraction of sp³-hybridized carbons (Fsp3) is 0.625. The Morgan fingerprint density at radius 2 is 2.54 bits per heavy atom. The second kappa shape index (κ2) is 3.67. The first-order chi connectivity index (χ1) is 6.29. The van der Waals surface area contributed by atoms with Crippen LogP contribution in [0.2, 0.25) is 0 Å². The lowest BCUT2D eigenvalue weighted by Gasteiger charge is -2.23. The number of hydrogen-bond acceptors (Lipinski definition) is 3. The number of aromatic nitrogens is 2. The predicted molar refractivity (Wildman–Crippen MR) is 53.4 cm³/mol. The Kier molecular flexibility index (Phi) is 2.55. The minimum Gasteiger partial charge on any atom is -0.383 e. The number of nitrogens with zero attached hydrogens (tertiary/aromatic N) is 2. The Morgan fingerprint density at radius 3 is 3.08 bits per heavy atom. The Morgan fingerprint density at radius 1 is 1.69 bits per heavy atom. The number of nitrogens with two attached hydrogens (primary N) is 1. The number of halogens is 1. The summed E-state index contributed by atoms with van der Waals surface area (Å²) in [7, 11) is 0. The fourth-order valence-electron chi connectivity index (χ4n) is 1.56. The van der Waals surface area contributed by atoms with Gasteiger partial charge in [0.1, 0.15) is 5.82 Å². The summed E-state index contributed by atoms with van der Waals surface area (Å²) in [4.78, 5) is 0. The summed E-state index contributed by atoms with van der Waals surface area (Å²) in [6, 6.07) is 0.306. The van der Waals surface area contributed by atoms with Crippen molar-refractivity contribution in [3.05, 3.63) is 10.7 Å². The van der Waals surface area contributed by atoms with Crippen LogP contribution in [0.4, 0.5) is 5.82 Å². The van der Waals surface area contributed by atoms with Gasteiger partial charge in [0.25, 0.3) is 0 Å². The van der Waals surface area contributed by atoms with E-state index in [1.165, 1.54) is 0 Å². The second-order valence-electron chi connectivity index (χ2n) is 3.19. The van der Waals surface area contributed by atoms with E-state index in [9.17, 15) is 0 Å². The number of anilines is 1. The molecule has 1 aliphatic rings. The lowest BCUT2D eigenvalue weighted by atomic mass is 10.1. The quantitative estimate of drug-likeness (QED) is 0.818. The largest absolute Gasteiger partial charge is 0.383 e. The summed E-state index contributed by atoms with van der Waals surface area (Å²) in [6.07, 6.45) is 3.91. The van der Waals surface area contributed by atoms with Crippen LogP contribution in [-0.4, -0.2) is 23.0 Å². The molecule has 2 N–H and O–H groups in total. The fourth-order valence-corrected chi connectivity index (χ4v) is 1.83. The Hall–Kier alpha value is -0.550. The SMILES string of the molecule is Nc1c(Br)cnn1C1CCCOC1. The van der Waals surface area contributed by atoms with Crippen molar-refractivity contribution in [2.45, 2.75) is 18.9 Å². The van der Waals surface area contributed by atoms with Gasteiger partial charge in [-0.2, -0.15) is 5.10 Å². The summed E-state index contributed by atoms with van der Waals surface area (Å²) in [5.41, 5.74) is 5.83.